The second-order valence-electron chi connectivity index (χ2n) is 2.15. The molecule has 0 unspecified atom stereocenters. The van der Waals surface area contributed by atoms with E-state index in [2.05, 4.69) is 9.99 Å². The average molecular weight is 143 g/mol. The van der Waals surface area contributed by atoms with Crippen molar-refractivity contribution in [2.24, 2.45) is 5.16 Å². The zero-order chi connectivity index (χ0) is 7.56. The summed E-state index contributed by atoms with van der Waals surface area (Å²) in [6.07, 6.45) is 0.463. The van der Waals surface area contributed by atoms with Crippen LogP contribution >= 0.6 is 0 Å². The summed E-state index contributed by atoms with van der Waals surface area (Å²) in [6, 6.07) is 0. The maximum atomic E-state index is 10.3. The van der Waals surface area contributed by atoms with Crippen LogP contribution in [0.1, 0.15) is 19.8 Å². The van der Waals surface area contributed by atoms with E-state index in [1.165, 1.54) is 0 Å². The van der Waals surface area contributed by atoms with Crippen LogP contribution in [0.15, 0.2) is 5.16 Å². The Hall–Kier alpha value is -1.06. The third-order valence-corrected chi connectivity index (χ3v) is 1.41. The first-order valence-corrected chi connectivity index (χ1v) is 3.18. The van der Waals surface area contributed by atoms with Crippen LogP contribution in [0.3, 0.4) is 0 Å². The fourth-order valence-electron chi connectivity index (χ4n) is 0.768. The molecule has 0 aromatic heterocycles. The number of hydrogen-bond acceptors (Lipinski definition) is 3. The second-order valence-corrected chi connectivity index (χ2v) is 2.15. The lowest BCUT2D eigenvalue weighted by molar-refractivity contribution is -0.148. The van der Waals surface area contributed by atoms with Crippen molar-refractivity contribution in [3.63, 3.8) is 0 Å². The largest absolute Gasteiger partial charge is 0.478 e. The molecule has 1 N–H and O–H groups in total. The van der Waals surface area contributed by atoms with Gasteiger partial charge in [0.15, 0.2) is 0 Å². The predicted octanol–water partition coefficient (Wildman–Crippen LogP) is 0.626. The molecule has 0 saturated carbocycles. The van der Waals surface area contributed by atoms with Crippen molar-refractivity contribution in [3.8, 4) is 0 Å². The monoisotopic (exact) mass is 143 g/mol. The first-order chi connectivity index (χ1) is 4.74. The van der Waals surface area contributed by atoms with Gasteiger partial charge in [-0.3, -0.25) is 0 Å². The van der Waals surface area contributed by atoms with Crippen LogP contribution in [0.5, 0.6) is 0 Å². The Morgan fingerprint density at radius 2 is 2.70 bits per heavy atom. The third kappa shape index (κ3) is 1.26. The second kappa shape index (κ2) is 2.68. The van der Waals surface area contributed by atoms with Crippen LogP contribution in [-0.4, -0.2) is 22.9 Å². The highest BCUT2D eigenvalue weighted by molar-refractivity contribution is 5.90. The molecule has 4 nitrogen and oxygen atoms in total. The molecule has 0 amide bonds. The highest BCUT2D eigenvalue weighted by Gasteiger charge is 2.26. The molecule has 0 aliphatic carbocycles. The van der Waals surface area contributed by atoms with Gasteiger partial charge in [0.25, 0.3) is 0 Å². The van der Waals surface area contributed by atoms with Crippen molar-refractivity contribution in [3.05, 3.63) is 0 Å². The molecule has 10 heavy (non-hydrogen) atoms. The fraction of sp³-hybridized carbons (Fsp3) is 0.667. The summed E-state index contributed by atoms with van der Waals surface area (Å²) in [5, 5.41) is 12.0. The molecular weight excluding hydrogens is 134 g/mol. The molecule has 0 radical (unpaired) electrons. The smallest absolute Gasteiger partial charge is 0.348 e. The molecule has 0 fully saturated rings. The van der Waals surface area contributed by atoms with Crippen LogP contribution in [-0.2, 0) is 9.63 Å². The molecular formula is C6H9NO3. The minimum absolute atomic E-state index is 0.436. The fourth-order valence-corrected chi connectivity index (χ4v) is 0.768. The molecule has 56 valence electrons. The Balaban J connectivity index is 2.43. The lowest BCUT2D eigenvalue weighted by Gasteiger charge is -1.98. The van der Waals surface area contributed by atoms with Gasteiger partial charge in [-0.05, 0) is 6.42 Å². The number of carboxylic acids is 1. The maximum absolute atomic E-state index is 10.3. The number of carboxylic acid groups (broad SMARTS) is 1. The van der Waals surface area contributed by atoms with Crippen molar-refractivity contribution in [1.82, 2.24) is 0 Å². The normalized spacial score (nSPS) is 23.7. The van der Waals surface area contributed by atoms with Crippen LogP contribution in [0.2, 0.25) is 0 Å². The Labute approximate surface area is 58.5 Å². The topological polar surface area (TPSA) is 58.9 Å². The number of oxime groups is 1. The van der Waals surface area contributed by atoms with Gasteiger partial charge in [0.1, 0.15) is 0 Å². The zero-order valence-corrected chi connectivity index (χ0v) is 5.70. The lowest BCUT2D eigenvalue weighted by atomic mass is 10.1. The quantitative estimate of drug-likeness (QED) is 0.616. The van der Waals surface area contributed by atoms with Crippen LogP contribution < -0.4 is 0 Å². The number of rotatable bonds is 2. The highest BCUT2D eigenvalue weighted by Crippen LogP contribution is 2.11. The van der Waals surface area contributed by atoms with Crippen LogP contribution in [0.4, 0.5) is 0 Å². The minimum atomic E-state index is -0.938. The van der Waals surface area contributed by atoms with E-state index >= 15 is 0 Å². The Kier molecular flexibility index (Phi) is 1.89. The van der Waals surface area contributed by atoms with Crippen molar-refractivity contribution in [2.75, 3.05) is 0 Å². The molecule has 0 spiro atoms. The first kappa shape index (κ1) is 7.05. The van der Waals surface area contributed by atoms with Gasteiger partial charge in [-0.25, -0.2) is 4.79 Å². The van der Waals surface area contributed by atoms with E-state index in [1.54, 1.807) is 0 Å². The molecule has 1 heterocycles. The van der Waals surface area contributed by atoms with Gasteiger partial charge in [-0.2, -0.15) is 0 Å². The number of hydrogen-bond donors (Lipinski definition) is 1. The summed E-state index contributed by atoms with van der Waals surface area (Å²) in [4.78, 5) is 14.9. The van der Waals surface area contributed by atoms with Crippen molar-refractivity contribution < 1.29 is 14.7 Å². The Morgan fingerprint density at radius 3 is 3.00 bits per heavy atom. The van der Waals surface area contributed by atoms with E-state index in [4.69, 9.17) is 5.11 Å². The summed E-state index contributed by atoms with van der Waals surface area (Å²) in [6.45, 7) is 1.92. The van der Waals surface area contributed by atoms with Gasteiger partial charge in [-0.15, -0.1) is 0 Å². The zero-order valence-electron chi connectivity index (χ0n) is 5.70. The summed E-state index contributed by atoms with van der Waals surface area (Å²) in [7, 11) is 0. The van der Waals surface area contributed by atoms with E-state index in [0.29, 0.717) is 6.42 Å². The highest BCUT2D eigenvalue weighted by atomic mass is 16.7. The van der Waals surface area contributed by atoms with Gasteiger partial charge < -0.3 is 9.94 Å². The lowest BCUT2D eigenvalue weighted by Crippen LogP contribution is -2.19. The summed E-state index contributed by atoms with van der Waals surface area (Å²) in [5.41, 5.74) is 0.826. The number of nitrogens with zero attached hydrogens (tertiary/aromatic N) is 1. The molecule has 1 aliphatic rings. The Bertz CT molecular complexity index is 176. The number of aliphatic carboxylic acids is 1. The van der Waals surface area contributed by atoms with E-state index < -0.39 is 12.1 Å². The summed E-state index contributed by atoms with van der Waals surface area (Å²) in [5.74, 6) is -0.938. The molecule has 0 saturated heterocycles. The van der Waals surface area contributed by atoms with Gasteiger partial charge in [0, 0.05) is 6.42 Å². The molecule has 0 bridgehead atoms. The Morgan fingerprint density at radius 1 is 2.00 bits per heavy atom. The molecule has 0 aromatic rings. The predicted molar refractivity (Wildman–Crippen MR) is 34.9 cm³/mol. The van der Waals surface area contributed by atoms with Crippen molar-refractivity contribution >= 4 is 11.7 Å². The minimum Gasteiger partial charge on any atom is -0.478 e. The summed E-state index contributed by atoms with van der Waals surface area (Å²) >= 11 is 0. The number of carbonyl (C=O) groups is 1. The molecule has 1 aliphatic heterocycles. The molecule has 4 heteroatoms. The van der Waals surface area contributed by atoms with Gasteiger partial charge in [0.05, 0.1) is 5.71 Å². The van der Waals surface area contributed by atoms with Gasteiger partial charge in [0.2, 0.25) is 6.10 Å². The van der Waals surface area contributed by atoms with Gasteiger partial charge in [-0.1, -0.05) is 12.1 Å². The van der Waals surface area contributed by atoms with Gasteiger partial charge >= 0.3 is 5.97 Å². The van der Waals surface area contributed by atoms with Crippen molar-refractivity contribution in [2.45, 2.75) is 25.9 Å². The molecule has 0 aromatic carbocycles. The van der Waals surface area contributed by atoms with E-state index in [0.717, 1.165) is 12.1 Å². The van der Waals surface area contributed by atoms with Crippen LogP contribution in [0.25, 0.3) is 0 Å². The molecule has 1 atom stereocenters. The SMILES string of the molecule is CCC1=NO[C@@H](C(=O)O)C1. The van der Waals surface area contributed by atoms with Crippen molar-refractivity contribution in [1.29, 1.82) is 0 Å². The molecule has 1 rings (SSSR count). The van der Waals surface area contributed by atoms with Crippen LogP contribution in [0, 0.1) is 0 Å². The first-order valence-electron chi connectivity index (χ1n) is 3.18. The third-order valence-electron chi connectivity index (χ3n) is 1.41. The maximum Gasteiger partial charge on any atom is 0.348 e. The average Bonchev–Trinajstić information content (AvgIpc) is 2.34. The van der Waals surface area contributed by atoms with E-state index in [-0.39, 0.29) is 0 Å². The standard InChI is InChI=1S/C6H9NO3/c1-2-4-3-5(6(8)9)10-7-4/h5H,2-3H2,1H3,(H,8,9)/t5-/m1/s1. The van der Waals surface area contributed by atoms with E-state index in [1.807, 2.05) is 6.92 Å². The summed E-state index contributed by atoms with van der Waals surface area (Å²) < 4.78 is 0. The van der Waals surface area contributed by atoms with E-state index in [9.17, 15) is 4.79 Å².